The first kappa shape index (κ1) is 18.8. The van der Waals surface area contributed by atoms with Crippen molar-refractivity contribution in [2.24, 2.45) is 23.2 Å². The highest BCUT2D eigenvalue weighted by molar-refractivity contribution is 6.22. The predicted octanol–water partition coefficient (Wildman–Crippen LogP) is 3.52. The second-order valence-electron chi connectivity index (χ2n) is 9.83. The molecule has 1 aliphatic heterocycles. The molecule has 29 heavy (non-hydrogen) atoms. The number of carbonyl (C=O) groups is 3. The van der Waals surface area contributed by atoms with Crippen LogP contribution in [-0.2, 0) is 14.4 Å². The van der Waals surface area contributed by atoms with Gasteiger partial charge in [0.15, 0.2) is 0 Å². The molecular weight excluding hydrogens is 371 g/mol. The van der Waals surface area contributed by atoms with E-state index in [4.69, 9.17) is 0 Å². The van der Waals surface area contributed by atoms with Crippen molar-refractivity contribution in [3.63, 3.8) is 0 Å². The molecule has 4 bridgehead atoms. The minimum absolute atomic E-state index is 0.00214. The Kier molecular flexibility index (Phi) is 4.30. The van der Waals surface area contributed by atoms with Crippen LogP contribution in [0.4, 0.5) is 10.1 Å². The second-order valence-corrected chi connectivity index (χ2v) is 9.83. The standard InChI is InChI=1S/C23H27FN2O3/c1-14(27)25(13-23-10-15-6-16(11-23)8-17(7-15)12-23)20-9-21(28)26(22(20)29)19-4-2-18(24)3-5-19/h2-5,15-17,20H,6-13H2,1H3/t15?,16?,17?,20-,23?/m0/s1. The van der Waals surface area contributed by atoms with Gasteiger partial charge in [-0.3, -0.25) is 14.4 Å². The van der Waals surface area contributed by atoms with E-state index in [-0.39, 0.29) is 29.6 Å². The number of amides is 3. The number of hydrogen-bond donors (Lipinski definition) is 0. The fraction of sp³-hybridized carbons (Fsp3) is 0.609. The first-order chi connectivity index (χ1) is 13.8. The van der Waals surface area contributed by atoms with Gasteiger partial charge in [0.1, 0.15) is 11.9 Å². The topological polar surface area (TPSA) is 57.7 Å². The van der Waals surface area contributed by atoms with Gasteiger partial charge in [-0.15, -0.1) is 0 Å². The number of imide groups is 1. The third-order valence-electron chi connectivity index (χ3n) is 7.66. The largest absolute Gasteiger partial charge is 0.330 e. The first-order valence-electron chi connectivity index (χ1n) is 10.7. The quantitative estimate of drug-likeness (QED) is 0.729. The molecule has 4 saturated carbocycles. The Labute approximate surface area is 170 Å². The van der Waals surface area contributed by atoms with Crippen molar-refractivity contribution in [2.45, 2.75) is 57.9 Å². The maximum Gasteiger partial charge on any atom is 0.257 e. The minimum atomic E-state index is -0.752. The zero-order valence-electron chi connectivity index (χ0n) is 16.8. The zero-order chi connectivity index (χ0) is 20.3. The monoisotopic (exact) mass is 398 g/mol. The van der Waals surface area contributed by atoms with Crippen molar-refractivity contribution >= 4 is 23.4 Å². The van der Waals surface area contributed by atoms with Gasteiger partial charge in [0.25, 0.3) is 5.91 Å². The number of halogens is 1. The van der Waals surface area contributed by atoms with Gasteiger partial charge < -0.3 is 4.90 Å². The van der Waals surface area contributed by atoms with Crippen LogP contribution in [0.5, 0.6) is 0 Å². The molecule has 3 amide bonds. The summed E-state index contributed by atoms with van der Waals surface area (Å²) in [7, 11) is 0. The van der Waals surface area contributed by atoms with Gasteiger partial charge in [-0.2, -0.15) is 0 Å². The van der Waals surface area contributed by atoms with Gasteiger partial charge in [0.05, 0.1) is 12.1 Å². The van der Waals surface area contributed by atoms with Crippen molar-refractivity contribution < 1.29 is 18.8 Å². The summed E-state index contributed by atoms with van der Waals surface area (Å²) in [6, 6.07) is 4.59. The average molecular weight is 398 g/mol. The fourth-order valence-corrected chi connectivity index (χ4v) is 7.01. The summed E-state index contributed by atoms with van der Waals surface area (Å²) in [5.74, 6) is 0.999. The Balaban J connectivity index is 1.39. The summed E-state index contributed by atoms with van der Waals surface area (Å²) in [4.78, 5) is 41.2. The van der Waals surface area contributed by atoms with Gasteiger partial charge in [-0.1, -0.05) is 0 Å². The molecule has 1 saturated heterocycles. The lowest BCUT2D eigenvalue weighted by Gasteiger charge is -2.58. The number of hydrogen-bond acceptors (Lipinski definition) is 3. The molecule has 5 aliphatic rings. The van der Waals surface area contributed by atoms with Gasteiger partial charge >= 0.3 is 0 Å². The minimum Gasteiger partial charge on any atom is -0.330 e. The Morgan fingerprint density at radius 2 is 1.62 bits per heavy atom. The summed E-state index contributed by atoms with van der Waals surface area (Å²) < 4.78 is 13.3. The molecule has 0 N–H and O–H groups in total. The summed E-state index contributed by atoms with van der Waals surface area (Å²) in [5, 5.41) is 0. The smallest absolute Gasteiger partial charge is 0.257 e. The highest BCUT2D eigenvalue weighted by Gasteiger charge is 2.53. The van der Waals surface area contributed by atoms with Gasteiger partial charge in [0, 0.05) is 13.5 Å². The first-order valence-corrected chi connectivity index (χ1v) is 10.7. The normalized spacial score (nSPS) is 35.4. The van der Waals surface area contributed by atoms with E-state index in [0.717, 1.165) is 41.9 Å². The number of carbonyl (C=O) groups excluding carboxylic acids is 3. The van der Waals surface area contributed by atoms with Crippen LogP contribution in [0.15, 0.2) is 24.3 Å². The molecule has 5 nitrogen and oxygen atoms in total. The Bertz CT molecular complexity index is 830. The van der Waals surface area contributed by atoms with E-state index in [0.29, 0.717) is 12.2 Å². The maximum atomic E-state index is 13.3. The van der Waals surface area contributed by atoms with Crippen molar-refractivity contribution in [3.05, 3.63) is 30.1 Å². The maximum absolute atomic E-state index is 13.3. The van der Waals surface area contributed by atoms with Crippen LogP contribution in [-0.4, -0.2) is 35.2 Å². The van der Waals surface area contributed by atoms with Crippen molar-refractivity contribution in [1.29, 1.82) is 0 Å². The van der Waals surface area contributed by atoms with E-state index >= 15 is 0 Å². The predicted molar refractivity (Wildman–Crippen MR) is 105 cm³/mol. The molecule has 6 rings (SSSR count). The van der Waals surface area contributed by atoms with E-state index in [9.17, 15) is 18.8 Å². The highest BCUT2D eigenvalue weighted by atomic mass is 19.1. The second kappa shape index (κ2) is 6.64. The van der Waals surface area contributed by atoms with E-state index in [1.807, 2.05) is 0 Å². The summed E-state index contributed by atoms with van der Waals surface area (Å²) in [5.41, 5.74) is 0.467. The van der Waals surface area contributed by atoms with E-state index in [2.05, 4.69) is 0 Å². The van der Waals surface area contributed by atoms with Crippen LogP contribution in [0.2, 0.25) is 0 Å². The number of benzene rings is 1. The van der Waals surface area contributed by atoms with Gasteiger partial charge in [-0.25, -0.2) is 9.29 Å². The molecule has 6 heteroatoms. The van der Waals surface area contributed by atoms with Crippen LogP contribution in [0.3, 0.4) is 0 Å². The van der Waals surface area contributed by atoms with E-state index in [1.165, 1.54) is 50.5 Å². The third-order valence-corrected chi connectivity index (χ3v) is 7.66. The Morgan fingerprint density at radius 3 is 2.14 bits per heavy atom. The molecule has 0 radical (unpaired) electrons. The molecule has 154 valence electrons. The molecular formula is C23H27FN2O3. The van der Waals surface area contributed by atoms with Crippen LogP contribution in [0.1, 0.15) is 51.9 Å². The van der Waals surface area contributed by atoms with Crippen LogP contribution < -0.4 is 4.90 Å². The molecule has 0 unspecified atom stereocenters. The summed E-state index contributed by atoms with van der Waals surface area (Å²) in [6.07, 6.45) is 7.37. The van der Waals surface area contributed by atoms with Crippen molar-refractivity contribution in [3.8, 4) is 0 Å². The molecule has 1 aromatic rings. The summed E-state index contributed by atoms with van der Waals surface area (Å²) in [6.45, 7) is 2.07. The lowest BCUT2D eigenvalue weighted by molar-refractivity contribution is -0.143. The highest BCUT2D eigenvalue weighted by Crippen LogP contribution is 2.60. The SMILES string of the molecule is CC(=O)N(CC12CC3CC(CC(C3)C1)C2)[C@H]1CC(=O)N(c2ccc(F)cc2)C1=O. The van der Waals surface area contributed by atoms with Gasteiger partial charge in [-0.05, 0) is 86.0 Å². The molecule has 1 heterocycles. The van der Waals surface area contributed by atoms with Crippen molar-refractivity contribution in [1.82, 2.24) is 4.90 Å². The van der Waals surface area contributed by atoms with Crippen LogP contribution >= 0.6 is 0 Å². The molecule has 0 spiro atoms. The van der Waals surface area contributed by atoms with E-state index < -0.39 is 11.9 Å². The lowest BCUT2D eigenvalue weighted by Crippen LogP contribution is -2.55. The molecule has 1 aromatic carbocycles. The number of rotatable bonds is 4. The lowest BCUT2D eigenvalue weighted by atomic mass is 9.49. The van der Waals surface area contributed by atoms with E-state index in [1.54, 1.807) is 4.90 Å². The van der Waals surface area contributed by atoms with Crippen molar-refractivity contribution in [2.75, 3.05) is 11.4 Å². The fourth-order valence-electron chi connectivity index (χ4n) is 7.01. The molecule has 4 aliphatic carbocycles. The Morgan fingerprint density at radius 1 is 1.07 bits per heavy atom. The van der Waals surface area contributed by atoms with Crippen LogP contribution in [0.25, 0.3) is 0 Å². The van der Waals surface area contributed by atoms with Crippen LogP contribution in [0, 0.1) is 29.0 Å². The van der Waals surface area contributed by atoms with Gasteiger partial charge in [0.2, 0.25) is 11.8 Å². The summed E-state index contributed by atoms with van der Waals surface area (Å²) >= 11 is 0. The number of anilines is 1. The molecule has 1 atom stereocenters. The number of nitrogens with zero attached hydrogens (tertiary/aromatic N) is 2. The Hall–Kier alpha value is -2.24. The third kappa shape index (κ3) is 3.17. The molecule has 5 fully saturated rings. The zero-order valence-corrected chi connectivity index (χ0v) is 16.8. The molecule has 0 aromatic heterocycles. The average Bonchev–Trinajstić information content (AvgIpc) is 2.93.